The van der Waals surface area contributed by atoms with Gasteiger partial charge in [-0.05, 0) is 12.5 Å². The fourth-order valence-electron chi connectivity index (χ4n) is 3.42. The van der Waals surface area contributed by atoms with Gasteiger partial charge in [-0.3, -0.25) is 14.8 Å². The minimum absolute atomic E-state index is 0.0580. The van der Waals surface area contributed by atoms with E-state index in [0.717, 1.165) is 38.7 Å². The van der Waals surface area contributed by atoms with Gasteiger partial charge in [-0.2, -0.15) is 5.10 Å². The Bertz CT molecular complexity index is 780. The molecule has 1 saturated heterocycles. The van der Waals surface area contributed by atoms with Crippen LogP contribution in [0.1, 0.15) is 30.8 Å². The first-order valence-electron chi connectivity index (χ1n) is 8.51. The normalized spacial score (nSPS) is 17.8. The topological polar surface area (TPSA) is 57.2 Å². The van der Waals surface area contributed by atoms with Crippen LogP contribution in [-0.4, -0.2) is 50.7 Å². The largest absolute Gasteiger partial charge is 0.343 e. The number of nitrogens with one attached hydrogen (secondary N) is 1. The molecule has 2 heterocycles. The average molecular weight is 351 g/mol. The van der Waals surface area contributed by atoms with Crippen LogP contribution in [0.2, 0.25) is 0 Å². The molecule has 0 amide bonds. The molecule has 136 valence electrons. The second-order valence-electron chi connectivity index (χ2n) is 6.40. The lowest BCUT2D eigenvalue weighted by molar-refractivity contribution is 0.0866. The third kappa shape index (κ3) is 3.96. The number of nitrogens with zero attached hydrogens (tertiary/aromatic N) is 4. The van der Waals surface area contributed by atoms with Crippen LogP contribution in [0.3, 0.4) is 0 Å². The van der Waals surface area contributed by atoms with Crippen LogP contribution < -0.4 is 5.69 Å². The van der Waals surface area contributed by atoms with E-state index in [1.807, 2.05) is 6.92 Å². The zero-order valence-corrected chi connectivity index (χ0v) is 14.5. The molecule has 1 atom stereocenters. The van der Waals surface area contributed by atoms with Gasteiger partial charge in [0.2, 0.25) is 0 Å². The van der Waals surface area contributed by atoms with Crippen molar-refractivity contribution >= 4 is 0 Å². The molecule has 1 aromatic carbocycles. The summed E-state index contributed by atoms with van der Waals surface area (Å²) in [6.45, 7) is 5.78. The second-order valence-corrected chi connectivity index (χ2v) is 6.40. The van der Waals surface area contributed by atoms with Gasteiger partial charge in [-0.15, -0.1) is 0 Å². The Labute approximate surface area is 145 Å². The summed E-state index contributed by atoms with van der Waals surface area (Å²) < 4.78 is 28.6. The molecule has 8 heteroatoms. The molecular weight excluding hydrogens is 328 g/mol. The number of H-pyrrole nitrogens is 1. The quantitative estimate of drug-likeness (QED) is 0.890. The molecule has 1 fully saturated rings. The number of benzene rings is 1. The first-order valence-corrected chi connectivity index (χ1v) is 8.51. The van der Waals surface area contributed by atoms with Crippen molar-refractivity contribution in [1.82, 2.24) is 24.6 Å². The van der Waals surface area contributed by atoms with Crippen molar-refractivity contribution in [1.29, 1.82) is 0 Å². The summed E-state index contributed by atoms with van der Waals surface area (Å²) in [6, 6.07) is 3.75. The van der Waals surface area contributed by atoms with Gasteiger partial charge in [-0.25, -0.2) is 18.3 Å². The SMILES string of the molecule is CCC(c1ccc(F)cc1F)N1CCN(Cc2nn(C)c(=O)[nH]2)CC1. The standard InChI is InChI=1S/C17H23F2N5O/c1-3-15(13-5-4-12(18)10-14(13)19)24-8-6-23(7-9-24)11-16-20-17(25)22(2)21-16/h4-5,10,15H,3,6-9,11H2,1-2H3,(H,20,21,25). The summed E-state index contributed by atoms with van der Waals surface area (Å²) >= 11 is 0. The van der Waals surface area contributed by atoms with E-state index in [2.05, 4.69) is 19.9 Å². The van der Waals surface area contributed by atoms with E-state index >= 15 is 0 Å². The van der Waals surface area contributed by atoms with Gasteiger partial charge in [0.05, 0.1) is 6.54 Å². The number of aryl methyl sites for hydroxylation is 1. The molecule has 1 unspecified atom stereocenters. The maximum atomic E-state index is 14.1. The van der Waals surface area contributed by atoms with Crippen molar-refractivity contribution in [2.24, 2.45) is 7.05 Å². The smallest absolute Gasteiger partial charge is 0.294 e. The third-order valence-corrected chi connectivity index (χ3v) is 4.75. The second kappa shape index (κ2) is 7.45. The van der Waals surface area contributed by atoms with Crippen LogP contribution in [0, 0.1) is 11.6 Å². The fraction of sp³-hybridized carbons (Fsp3) is 0.529. The summed E-state index contributed by atoms with van der Waals surface area (Å²) in [6.07, 6.45) is 0.760. The number of hydrogen-bond donors (Lipinski definition) is 1. The van der Waals surface area contributed by atoms with Crippen molar-refractivity contribution in [2.75, 3.05) is 26.2 Å². The van der Waals surface area contributed by atoms with Crippen LogP contribution in [-0.2, 0) is 13.6 Å². The molecule has 6 nitrogen and oxygen atoms in total. The fourth-order valence-corrected chi connectivity index (χ4v) is 3.42. The zero-order valence-electron chi connectivity index (χ0n) is 14.5. The Hall–Kier alpha value is -2.06. The highest BCUT2D eigenvalue weighted by Gasteiger charge is 2.26. The highest BCUT2D eigenvalue weighted by atomic mass is 19.1. The van der Waals surface area contributed by atoms with Crippen molar-refractivity contribution in [3.05, 3.63) is 51.7 Å². The van der Waals surface area contributed by atoms with E-state index in [-0.39, 0.29) is 11.7 Å². The maximum Gasteiger partial charge on any atom is 0.343 e. The number of aromatic nitrogens is 3. The molecule has 0 bridgehead atoms. The van der Waals surface area contributed by atoms with E-state index in [9.17, 15) is 13.6 Å². The first kappa shape index (κ1) is 17.8. The molecule has 0 saturated carbocycles. The molecular formula is C17H23F2N5O. The maximum absolute atomic E-state index is 14.1. The summed E-state index contributed by atoms with van der Waals surface area (Å²) in [7, 11) is 1.61. The van der Waals surface area contributed by atoms with Gasteiger partial charge in [0.15, 0.2) is 0 Å². The molecule has 3 rings (SSSR count). The van der Waals surface area contributed by atoms with Crippen LogP contribution in [0.5, 0.6) is 0 Å². The molecule has 2 aromatic rings. The molecule has 0 spiro atoms. The predicted molar refractivity (Wildman–Crippen MR) is 90.1 cm³/mol. The number of hydrogen-bond acceptors (Lipinski definition) is 4. The first-order chi connectivity index (χ1) is 12.0. The highest BCUT2D eigenvalue weighted by Crippen LogP contribution is 2.28. The molecule has 1 aromatic heterocycles. The van der Waals surface area contributed by atoms with E-state index in [0.29, 0.717) is 17.9 Å². The lowest BCUT2D eigenvalue weighted by Crippen LogP contribution is -2.47. The highest BCUT2D eigenvalue weighted by molar-refractivity contribution is 5.22. The van der Waals surface area contributed by atoms with Crippen molar-refractivity contribution in [3.8, 4) is 0 Å². The molecule has 1 aliphatic rings. The molecule has 1 N–H and O–H groups in total. The van der Waals surface area contributed by atoms with Gasteiger partial charge in [0.25, 0.3) is 0 Å². The number of aromatic amines is 1. The Morgan fingerprint density at radius 2 is 1.96 bits per heavy atom. The van der Waals surface area contributed by atoms with Crippen LogP contribution in [0.15, 0.2) is 23.0 Å². The van der Waals surface area contributed by atoms with Gasteiger partial charge >= 0.3 is 5.69 Å². The van der Waals surface area contributed by atoms with E-state index in [4.69, 9.17) is 0 Å². The van der Waals surface area contributed by atoms with E-state index < -0.39 is 11.6 Å². The van der Waals surface area contributed by atoms with Crippen LogP contribution in [0.4, 0.5) is 8.78 Å². The summed E-state index contributed by atoms with van der Waals surface area (Å²) in [5.41, 5.74) is 0.331. The molecule has 1 aliphatic heterocycles. The summed E-state index contributed by atoms with van der Waals surface area (Å²) in [5.74, 6) is -0.386. The van der Waals surface area contributed by atoms with Crippen molar-refractivity contribution in [2.45, 2.75) is 25.9 Å². The minimum Gasteiger partial charge on any atom is -0.294 e. The Morgan fingerprint density at radius 1 is 1.24 bits per heavy atom. The average Bonchev–Trinajstić information content (AvgIpc) is 2.89. The van der Waals surface area contributed by atoms with Crippen LogP contribution >= 0.6 is 0 Å². The van der Waals surface area contributed by atoms with E-state index in [1.165, 1.54) is 10.7 Å². The molecule has 25 heavy (non-hydrogen) atoms. The summed E-state index contributed by atoms with van der Waals surface area (Å²) in [5, 5.41) is 4.15. The van der Waals surface area contributed by atoms with Gasteiger partial charge in [-0.1, -0.05) is 13.0 Å². The number of rotatable bonds is 5. The lowest BCUT2D eigenvalue weighted by Gasteiger charge is -2.39. The number of halogens is 2. The minimum atomic E-state index is -0.551. The summed E-state index contributed by atoms with van der Waals surface area (Å²) in [4.78, 5) is 18.6. The van der Waals surface area contributed by atoms with Crippen LogP contribution in [0.25, 0.3) is 0 Å². The monoisotopic (exact) mass is 351 g/mol. The Balaban J connectivity index is 1.63. The zero-order chi connectivity index (χ0) is 18.0. The van der Waals surface area contributed by atoms with Crippen molar-refractivity contribution in [3.63, 3.8) is 0 Å². The lowest BCUT2D eigenvalue weighted by atomic mass is 10.0. The Morgan fingerprint density at radius 3 is 2.52 bits per heavy atom. The van der Waals surface area contributed by atoms with Gasteiger partial charge < -0.3 is 0 Å². The third-order valence-electron chi connectivity index (χ3n) is 4.75. The predicted octanol–water partition coefficient (Wildman–Crippen LogP) is 1.66. The molecule has 0 radical (unpaired) electrons. The van der Waals surface area contributed by atoms with E-state index in [1.54, 1.807) is 13.1 Å². The molecule has 0 aliphatic carbocycles. The van der Waals surface area contributed by atoms with Crippen molar-refractivity contribution < 1.29 is 8.78 Å². The van der Waals surface area contributed by atoms with Gasteiger partial charge in [0.1, 0.15) is 17.5 Å². The number of piperazine rings is 1. The Kier molecular flexibility index (Phi) is 5.29. The van der Waals surface area contributed by atoms with Gasteiger partial charge in [0, 0.05) is 50.9 Å².